The smallest absolute Gasteiger partial charge is 0.182 e. The second-order valence-electron chi connectivity index (χ2n) is 4.32. The molecule has 0 aliphatic carbocycles. The third-order valence-electron chi connectivity index (χ3n) is 2.84. The highest BCUT2D eigenvalue weighted by Crippen LogP contribution is 2.21. The number of anilines is 2. The van der Waals surface area contributed by atoms with Gasteiger partial charge in [0.15, 0.2) is 5.13 Å². The first-order valence-corrected chi connectivity index (χ1v) is 7.45. The third kappa shape index (κ3) is 3.92. The van der Waals surface area contributed by atoms with E-state index in [1.54, 1.807) is 11.3 Å². The van der Waals surface area contributed by atoms with Gasteiger partial charge in [-0.25, -0.2) is 9.97 Å². The molecule has 0 aliphatic rings. The normalized spacial score (nSPS) is 10.4. The quantitative estimate of drug-likeness (QED) is 0.815. The molecule has 19 heavy (non-hydrogen) atoms. The lowest BCUT2D eigenvalue weighted by Crippen LogP contribution is -2.05. The Hall–Kier alpha value is -1.62. The number of aromatic nitrogens is 2. The summed E-state index contributed by atoms with van der Waals surface area (Å²) in [5.74, 6) is 1.02. The molecule has 0 radical (unpaired) electrons. The molecule has 0 saturated carbocycles. The van der Waals surface area contributed by atoms with Crippen LogP contribution < -0.4 is 10.6 Å². The number of hydrogen-bond acceptors (Lipinski definition) is 5. The average Bonchev–Trinajstić information content (AvgIpc) is 2.91. The molecule has 0 atom stereocenters. The van der Waals surface area contributed by atoms with Crippen molar-refractivity contribution in [1.29, 1.82) is 0 Å². The van der Waals surface area contributed by atoms with E-state index < -0.39 is 0 Å². The fourth-order valence-corrected chi connectivity index (χ4v) is 2.60. The summed E-state index contributed by atoms with van der Waals surface area (Å²) >= 11 is 1.71. The minimum atomic E-state index is 0.967. The lowest BCUT2D eigenvalue weighted by atomic mass is 10.1. The molecule has 102 valence electrons. The number of pyridine rings is 1. The molecule has 0 bridgehead atoms. The summed E-state index contributed by atoms with van der Waals surface area (Å²) in [6, 6.07) is 4.14. The van der Waals surface area contributed by atoms with E-state index in [1.807, 2.05) is 25.5 Å². The number of hydrogen-bond donors (Lipinski definition) is 2. The number of thiazole rings is 1. The largest absolute Gasteiger partial charge is 0.370 e. The highest BCUT2D eigenvalue weighted by molar-refractivity contribution is 7.15. The van der Waals surface area contributed by atoms with Crippen LogP contribution in [0.15, 0.2) is 24.5 Å². The van der Waals surface area contributed by atoms with Crippen LogP contribution in [0.3, 0.4) is 0 Å². The Morgan fingerprint density at radius 1 is 1.26 bits per heavy atom. The summed E-state index contributed by atoms with van der Waals surface area (Å²) in [7, 11) is 1.90. The molecule has 0 spiro atoms. The molecule has 2 aromatic rings. The van der Waals surface area contributed by atoms with Gasteiger partial charge in [-0.05, 0) is 30.9 Å². The number of rotatable bonds is 7. The van der Waals surface area contributed by atoms with Crippen LogP contribution in [0.4, 0.5) is 10.9 Å². The van der Waals surface area contributed by atoms with Gasteiger partial charge in [0.05, 0.1) is 0 Å². The van der Waals surface area contributed by atoms with Crippen LogP contribution >= 0.6 is 11.3 Å². The van der Waals surface area contributed by atoms with Crippen molar-refractivity contribution in [3.8, 4) is 0 Å². The summed E-state index contributed by atoms with van der Waals surface area (Å²) in [6.07, 6.45) is 6.90. The molecule has 0 amide bonds. The lowest BCUT2D eigenvalue weighted by Gasteiger charge is -2.09. The summed E-state index contributed by atoms with van der Waals surface area (Å²) in [5, 5.41) is 7.42. The Morgan fingerprint density at radius 2 is 2.16 bits per heavy atom. The highest BCUT2D eigenvalue weighted by Gasteiger charge is 2.05. The van der Waals surface area contributed by atoms with E-state index in [4.69, 9.17) is 0 Å². The molecule has 2 aromatic heterocycles. The Balaban J connectivity index is 1.98. The van der Waals surface area contributed by atoms with E-state index in [2.05, 4.69) is 33.6 Å². The molecule has 4 nitrogen and oxygen atoms in total. The monoisotopic (exact) mass is 276 g/mol. The molecule has 0 aromatic carbocycles. The molecule has 0 aliphatic heterocycles. The Kier molecular flexibility index (Phi) is 5.15. The minimum absolute atomic E-state index is 0.967. The zero-order valence-electron chi connectivity index (χ0n) is 11.4. The molecule has 0 saturated heterocycles. The second kappa shape index (κ2) is 7.09. The zero-order valence-corrected chi connectivity index (χ0v) is 12.3. The summed E-state index contributed by atoms with van der Waals surface area (Å²) < 4.78 is 0. The fraction of sp³-hybridized carbons (Fsp3) is 0.429. The van der Waals surface area contributed by atoms with Gasteiger partial charge >= 0.3 is 0 Å². The number of nitrogens with one attached hydrogen (secondary N) is 2. The SMILES string of the molecule is CCCNc1ncccc1CCc1cnc(NC)s1. The van der Waals surface area contributed by atoms with Crippen molar-refractivity contribution >= 4 is 22.3 Å². The van der Waals surface area contributed by atoms with Crippen molar-refractivity contribution in [3.05, 3.63) is 35.0 Å². The van der Waals surface area contributed by atoms with Crippen molar-refractivity contribution in [3.63, 3.8) is 0 Å². The summed E-state index contributed by atoms with van der Waals surface area (Å²) in [6.45, 7) is 3.13. The third-order valence-corrected chi connectivity index (χ3v) is 3.92. The molecule has 0 unspecified atom stereocenters. The molecular formula is C14H20N4S. The molecular weight excluding hydrogens is 256 g/mol. The van der Waals surface area contributed by atoms with Crippen molar-refractivity contribution in [2.24, 2.45) is 0 Å². The molecule has 5 heteroatoms. The van der Waals surface area contributed by atoms with Gasteiger partial charge in [0.1, 0.15) is 5.82 Å². The minimum Gasteiger partial charge on any atom is -0.370 e. The fourth-order valence-electron chi connectivity index (χ4n) is 1.84. The maximum absolute atomic E-state index is 4.41. The van der Waals surface area contributed by atoms with Gasteiger partial charge < -0.3 is 10.6 Å². The standard InChI is InChI=1S/C14H20N4S/c1-3-8-16-13-11(5-4-9-17-13)6-7-12-10-18-14(15-2)19-12/h4-5,9-10H,3,6-8H2,1-2H3,(H,15,18)(H,16,17). The van der Waals surface area contributed by atoms with E-state index in [0.29, 0.717) is 0 Å². The van der Waals surface area contributed by atoms with Crippen LogP contribution in [0.5, 0.6) is 0 Å². The van der Waals surface area contributed by atoms with Crippen LogP contribution in [-0.4, -0.2) is 23.6 Å². The van der Waals surface area contributed by atoms with Crippen molar-refractivity contribution in [2.75, 3.05) is 24.2 Å². The predicted octanol–water partition coefficient (Wildman–Crippen LogP) is 3.19. The Labute approximate surface area is 118 Å². The van der Waals surface area contributed by atoms with E-state index in [0.717, 1.165) is 36.8 Å². The van der Waals surface area contributed by atoms with E-state index in [-0.39, 0.29) is 0 Å². The predicted molar refractivity (Wildman–Crippen MR) is 82.1 cm³/mol. The number of aryl methyl sites for hydroxylation is 2. The van der Waals surface area contributed by atoms with Gasteiger partial charge in [0.2, 0.25) is 0 Å². The van der Waals surface area contributed by atoms with Crippen molar-refractivity contribution in [2.45, 2.75) is 26.2 Å². The molecule has 0 fully saturated rings. The van der Waals surface area contributed by atoms with Crippen molar-refractivity contribution < 1.29 is 0 Å². The first-order chi connectivity index (χ1) is 9.33. The zero-order chi connectivity index (χ0) is 13.5. The van der Waals surface area contributed by atoms with Gasteiger partial charge in [-0.15, -0.1) is 11.3 Å². The van der Waals surface area contributed by atoms with E-state index >= 15 is 0 Å². The van der Waals surface area contributed by atoms with E-state index in [1.165, 1.54) is 10.4 Å². The maximum atomic E-state index is 4.41. The van der Waals surface area contributed by atoms with Gasteiger partial charge in [0.25, 0.3) is 0 Å². The first-order valence-electron chi connectivity index (χ1n) is 6.63. The average molecular weight is 276 g/mol. The van der Waals surface area contributed by atoms with Gasteiger partial charge in [-0.1, -0.05) is 13.0 Å². The maximum Gasteiger partial charge on any atom is 0.182 e. The van der Waals surface area contributed by atoms with Crippen LogP contribution in [0.2, 0.25) is 0 Å². The van der Waals surface area contributed by atoms with Crippen LogP contribution in [-0.2, 0) is 12.8 Å². The second-order valence-corrected chi connectivity index (χ2v) is 5.43. The van der Waals surface area contributed by atoms with Crippen LogP contribution in [0.25, 0.3) is 0 Å². The van der Waals surface area contributed by atoms with Gasteiger partial charge in [-0.2, -0.15) is 0 Å². The lowest BCUT2D eigenvalue weighted by molar-refractivity contribution is 0.933. The highest BCUT2D eigenvalue weighted by atomic mass is 32.1. The Morgan fingerprint density at radius 3 is 2.89 bits per heavy atom. The summed E-state index contributed by atoms with van der Waals surface area (Å²) in [4.78, 5) is 10.0. The van der Waals surface area contributed by atoms with E-state index in [9.17, 15) is 0 Å². The number of nitrogens with zero attached hydrogens (tertiary/aromatic N) is 2. The molecule has 2 rings (SSSR count). The Bertz CT molecular complexity index is 510. The molecule has 2 heterocycles. The first kappa shape index (κ1) is 13.8. The summed E-state index contributed by atoms with van der Waals surface area (Å²) in [5.41, 5.74) is 1.27. The van der Waals surface area contributed by atoms with Crippen LogP contribution in [0.1, 0.15) is 23.8 Å². The van der Waals surface area contributed by atoms with Gasteiger partial charge in [0, 0.05) is 30.9 Å². The molecule has 2 N–H and O–H groups in total. The van der Waals surface area contributed by atoms with Crippen molar-refractivity contribution in [1.82, 2.24) is 9.97 Å². The topological polar surface area (TPSA) is 49.8 Å². The van der Waals surface area contributed by atoms with Gasteiger partial charge in [-0.3, -0.25) is 0 Å². The van der Waals surface area contributed by atoms with Crippen LogP contribution in [0, 0.1) is 0 Å².